The van der Waals surface area contributed by atoms with Gasteiger partial charge in [0.2, 0.25) is 0 Å². The number of aryl methyl sites for hydroxylation is 1. The van der Waals surface area contributed by atoms with E-state index in [1.165, 1.54) is 4.88 Å². The molecule has 3 aromatic heterocycles. The molecule has 4 rings (SSSR count). The van der Waals surface area contributed by atoms with E-state index in [9.17, 15) is 4.79 Å². The lowest BCUT2D eigenvalue weighted by Gasteiger charge is -2.23. The summed E-state index contributed by atoms with van der Waals surface area (Å²) in [4.78, 5) is 17.3. The number of likely N-dealkylation sites (N-methyl/N-ethyl adjacent to an activating group) is 1. The number of thiophene rings is 2. The molecule has 1 unspecified atom stereocenters. The van der Waals surface area contributed by atoms with Crippen molar-refractivity contribution in [2.24, 2.45) is 5.10 Å². The summed E-state index contributed by atoms with van der Waals surface area (Å²) in [5.41, 5.74) is 0.987. The molecule has 0 bridgehead atoms. The summed E-state index contributed by atoms with van der Waals surface area (Å²) in [5.74, 6) is 1.75. The Morgan fingerprint density at radius 1 is 1.26 bits per heavy atom. The summed E-state index contributed by atoms with van der Waals surface area (Å²) >= 11 is 3.34. The average molecular weight is 400 g/mol. The number of nitrogens with zero attached hydrogens (tertiary/aromatic N) is 3. The van der Waals surface area contributed by atoms with E-state index in [2.05, 4.69) is 12.1 Å². The zero-order valence-corrected chi connectivity index (χ0v) is 16.9. The first-order valence-corrected chi connectivity index (χ1v) is 10.6. The Balaban J connectivity index is 1.50. The van der Waals surface area contributed by atoms with E-state index in [0.29, 0.717) is 13.1 Å². The maximum Gasteiger partial charge on any atom is 0.257 e. The van der Waals surface area contributed by atoms with Crippen molar-refractivity contribution in [3.05, 3.63) is 68.4 Å². The molecule has 3 aromatic rings. The van der Waals surface area contributed by atoms with Crippen LogP contribution < -0.4 is 0 Å². The van der Waals surface area contributed by atoms with Gasteiger partial charge in [-0.3, -0.25) is 9.69 Å². The van der Waals surface area contributed by atoms with Gasteiger partial charge in [0, 0.05) is 11.3 Å². The fourth-order valence-corrected chi connectivity index (χ4v) is 4.76. The number of carbonyl (C=O) groups excluding carboxylic acids is 1. The van der Waals surface area contributed by atoms with Crippen molar-refractivity contribution in [1.29, 1.82) is 0 Å². The second-order valence-electron chi connectivity index (χ2n) is 6.68. The molecule has 1 amide bonds. The summed E-state index contributed by atoms with van der Waals surface area (Å²) in [6.45, 7) is 2.81. The SMILES string of the molecule is Cc1ccc(CN(C)CC(=O)N2N=C(c3cccs3)CC2c2cccs2)o1. The maximum atomic E-state index is 13.0. The Hall–Kier alpha value is -2.22. The molecule has 7 heteroatoms. The Kier molecular flexibility index (Phi) is 5.24. The highest BCUT2D eigenvalue weighted by atomic mass is 32.1. The van der Waals surface area contributed by atoms with Crippen LogP contribution in [-0.2, 0) is 11.3 Å². The quantitative estimate of drug-likeness (QED) is 0.612. The third kappa shape index (κ3) is 4.05. The molecule has 5 nitrogen and oxygen atoms in total. The Bertz CT molecular complexity index is 929. The molecule has 0 saturated carbocycles. The summed E-state index contributed by atoms with van der Waals surface area (Å²) in [6.07, 6.45) is 0.758. The number of rotatable bonds is 6. The summed E-state index contributed by atoms with van der Waals surface area (Å²) in [6, 6.07) is 12.1. The highest BCUT2D eigenvalue weighted by molar-refractivity contribution is 7.12. The van der Waals surface area contributed by atoms with Crippen molar-refractivity contribution < 1.29 is 9.21 Å². The van der Waals surface area contributed by atoms with Crippen molar-refractivity contribution in [3.8, 4) is 0 Å². The number of hydrogen-bond donors (Lipinski definition) is 0. The molecule has 27 heavy (non-hydrogen) atoms. The highest BCUT2D eigenvalue weighted by Gasteiger charge is 2.34. The molecule has 1 atom stereocenters. The second-order valence-corrected chi connectivity index (χ2v) is 8.61. The van der Waals surface area contributed by atoms with E-state index in [-0.39, 0.29) is 11.9 Å². The van der Waals surface area contributed by atoms with E-state index in [1.54, 1.807) is 27.7 Å². The molecule has 0 saturated heterocycles. The van der Waals surface area contributed by atoms with Gasteiger partial charge in [-0.1, -0.05) is 12.1 Å². The molecule has 4 heterocycles. The lowest BCUT2D eigenvalue weighted by atomic mass is 10.1. The number of amides is 1. The van der Waals surface area contributed by atoms with E-state index in [0.717, 1.165) is 28.5 Å². The predicted octanol–water partition coefficient (Wildman–Crippen LogP) is 4.52. The second kappa shape index (κ2) is 7.80. The van der Waals surface area contributed by atoms with Gasteiger partial charge in [0.15, 0.2) is 0 Å². The van der Waals surface area contributed by atoms with Gasteiger partial charge in [0.1, 0.15) is 11.5 Å². The number of hydrogen-bond acceptors (Lipinski definition) is 6. The molecule has 0 spiro atoms. The van der Waals surface area contributed by atoms with Crippen LogP contribution in [0.1, 0.15) is 33.7 Å². The van der Waals surface area contributed by atoms with Gasteiger partial charge >= 0.3 is 0 Å². The van der Waals surface area contributed by atoms with Gasteiger partial charge < -0.3 is 4.42 Å². The maximum absolute atomic E-state index is 13.0. The van der Waals surface area contributed by atoms with Crippen LogP contribution in [0.25, 0.3) is 0 Å². The highest BCUT2D eigenvalue weighted by Crippen LogP contribution is 2.35. The van der Waals surface area contributed by atoms with E-state index in [4.69, 9.17) is 9.52 Å². The van der Waals surface area contributed by atoms with Crippen LogP contribution in [0.15, 0.2) is 56.7 Å². The van der Waals surface area contributed by atoms with Crippen molar-refractivity contribution in [3.63, 3.8) is 0 Å². The third-order valence-corrected chi connectivity index (χ3v) is 6.36. The molecule has 140 valence electrons. The molecule has 0 fully saturated rings. The minimum Gasteiger partial charge on any atom is -0.465 e. The number of furan rings is 1. The Morgan fingerprint density at radius 2 is 2.07 bits per heavy atom. The number of hydrazone groups is 1. The number of carbonyl (C=O) groups is 1. The zero-order chi connectivity index (χ0) is 18.8. The molecular formula is C20H21N3O2S2. The van der Waals surface area contributed by atoms with Gasteiger partial charge in [-0.25, -0.2) is 5.01 Å². The first kappa shape index (κ1) is 18.2. The standard InChI is InChI=1S/C20H21N3O2S2/c1-14-7-8-15(25-14)12-22(2)13-20(24)23-17(19-6-4-10-27-19)11-16(21-23)18-5-3-9-26-18/h3-10,17H,11-13H2,1-2H3. The van der Waals surface area contributed by atoms with E-state index >= 15 is 0 Å². The van der Waals surface area contributed by atoms with Crippen LogP contribution in [0.4, 0.5) is 0 Å². The van der Waals surface area contributed by atoms with Gasteiger partial charge in [-0.05, 0) is 49.0 Å². The van der Waals surface area contributed by atoms with Crippen molar-refractivity contribution in [2.45, 2.75) is 25.9 Å². The van der Waals surface area contributed by atoms with Crippen LogP contribution in [0.5, 0.6) is 0 Å². The fraction of sp³-hybridized carbons (Fsp3) is 0.300. The normalized spacial score (nSPS) is 16.9. The van der Waals surface area contributed by atoms with E-state index < -0.39 is 0 Å². The van der Waals surface area contributed by atoms with Gasteiger partial charge in [0.25, 0.3) is 5.91 Å². The van der Waals surface area contributed by atoms with Crippen molar-refractivity contribution in [1.82, 2.24) is 9.91 Å². The summed E-state index contributed by atoms with van der Waals surface area (Å²) in [5, 5.41) is 10.5. The molecule has 0 aliphatic carbocycles. The van der Waals surface area contributed by atoms with Crippen molar-refractivity contribution >= 4 is 34.3 Å². The summed E-state index contributed by atoms with van der Waals surface area (Å²) < 4.78 is 5.62. The van der Waals surface area contributed by atoms with Crippen molar-refractivity contribution in [2.75, 3.05) is 13.6 Å². The fourth-order valence-electron chi connectivity index (χ4n) is 3.23. The largest absolute Gasteiger partial charge is 0.465 e. The van der Waals surface area contributed by atoms with Crippen LogP contribution in [0.3, 0.4) is 0 Å². The van der Waals surface area contributed by atoms with Gasteiger partial charge in [-0.2, -0.15) is 5.10 Å². The minimum atomic E-state index is -0.0196. The van der Waals surface area contributed by atoms with Crippen LogP contribution in [0, 0.1) is 6.92 Å². The van der Waals surface area contributed by atoms with Gasteiger partial charge in [0.05, 0.1) is 29.7 Å². The zero-order valence-electron chi connectivity index (χ0n) is 15.3. The minimum absolute atomic E-state index is 0.00531. The molecular weight excluding hydrogens is 378 g/mol. The molecule has 1 aliphatic heterocycles. The molecule has 1 aliphatic rings. The lowest BCUT2D eigenvalue weighted by molar-refractivity contribution is -0.134. The smallest absolute Gasteiger partial charge is 0.257 e. The summed E-state index contributed by atoms with van der Waals surface area (Å²) in [7, 11) is 1.93. The van der Waals surface area contributed by atoms with Gasteiger partial charge in [-0.15, -0.1) is 22.7 Å². The molecule has 0 radical (unpaired) electrons. The average Bonchev–Trinajstić information content (AvgIpc) is 3.41. The third-order valence-electron chi connectivity index (χ3n) is 4.47. The lowest BCUT2D eigenvalue weighted by Crippen LogP contribution is -2.36. The Morgan fingerprint density at radius 3 is 2.74 bits per heavy atom. The first-order chi connectivity index (χ1) is 13.1. The van der Waals surface area contributed by atoms with Crippen LogP contribution in [-0.4, -0.2) is 35.1 Å². The van der Waals surface area contributed by atoms with E-state index in [1.807, 2.05) is 53.9 Å². The topological polar surface area (TPSA) is 49.1 Å². The monoisotopic (exact) mass is 399 g/mol. The molecule has 0 N–H and O–H groups in total. The molecule has 0 aromatic carbocycles. The van der Waals surface area contributed by atoms with Crippen LogP contribution in [0.2, 0.25) is 0 Å². The Labute approximate surface area is 166 Å². The van der Waals surface area contributed by atoms with Crippen LogP contribution >= 0.6 is 22.7 Å². The predicted molar refractivity (Wildman–Crippen MR) is 109 cm³/mol. The first-order valence-electron chi connectivity index (χ1n) is 8.81.